The van der Waals surface area contributed by atoms with Crippen LogP contribution in [0.5, 0.6) is 0 Å². The molecule has 2 heterocycles. The average Bonchev–Trinajstić information content (AvgIpc) is 2.42. The molecule has 4 nitrogen and oxygen atoms in total. The third-order valence-corrected chi connectivity index (χ3v) is 4.45. The molecular formula is C16H22N4. The molecule has 1 aliphatic heterocycles. The Morgan fingerprint density at radius 2 is 1.75 bits per heavy atom. The minimum absolute atomic E-state index is 0.448. The van der Waals surface area contributed by atoms with Gasteiger partial charge in [0.15, 0.2) is 11.6 Å². The van der Waals surface area contributed by atoms with Crippen LogP contribution < -0.4 is 10.6 Å². The van der Waals surface area contributed by atoms with Crippen molar-refractivity contribution in [2.45, 2.75) is 33.2 Å². The molecule has 0 bridgehead atoms. The number of nitrogen functional groups attached to an aromatic ring is 1. The first kappa shape index (κ1) is 13.2. The summed E-state index contributed by atoms with van der Waals surface area (Å²) in [6.45, 7) is 7.85. The van der Waals surface area contributed by atoms with Gasteiger partial charge in [0.1, 0.15) is 0 Å². The summed E-state index contributed by atoms with van der Waals surface area (Å²) >= 11 is 0. The van der Waals surface area contributed by atoms with Crippen molar-refractivity contribution in [1.82, 2.24) is 9.97 Å². The second-order valence-corrected chi connectivity index (χ2v) is 6.13. The monoisotopic (exact) mass is 270 g/mol. The smallest absolute Gasteiger partial charge is 0.172 e. The van der Waals surface area contributed by atoms with Gasteiger partial charge >= 0.3 is 0 Å². The highest BCUT2D eigenvalue weighted by Crippen LogP contribution is 2.33. The van der Waals surface area contributed by atoms with Crippen LogP contribution in [0.15, 0.2) is 24.3 Å². The lowest BCUT2D eigenvalue weighted by atomic mass is 9.86. The zero-order chi connectivity index (χ0) is 14.3. The van der Waals surface area contributed by atoms with Crippen molar-refractivity contribution in [3.63, 3.8) is 0 Å². The number of para-hydroxylation sites is 2. The average molecular weight is 270 g/mol. The number of rotatable bonds is 1. The number of piperidine rings is 1. The first-order chi connectivity index (χ1) is 9.56. The Labute approximate surface area is 120 Å². The lowest BCUT2D eigenvalue weighted by Gasteiger charge is -2.42. The summed E-state index contributed by atoms with van der Waals surface area (Å²) in [7, 11) is 0. The first-order valence-corrected chi connectivity index (χ1v) is 7.35. The van der Waals surface area contributed by atoms with Crippen molar-refractivity contribution in [3.05, 3.63) is 24.3 Å². The maximum absolute atomic E-state index is 6.16. The second kappa shape index (κ2) is 4.93. The fourth-order valence-corrected chi connectivity index (χ4v) is 3.21. The fourth-order valence-electron chi connectivity index (χ4n) is 3.21. The van der Waals surface area contributed by atoms with Gasteiger partial charge in [0.05, 0.1) is 11.0 Å². The number of anilines is 2. The van der Waals surface area contributed by atoms with E-state index in [0.717, 1.165) is 23.4 Å². The maximum Gasteiger partial charge on any atom is 0.172 e. The summed E-state index contributed by atoms with van der Waals surface area (Å²) in [6.07, 6.45) is 1.26. The third kappa shape index (κ3) is 2.19. The quantitative estimate of drug-likeness (QED) is 0.865. The largest absolute Gasteiger partial charge is 0.381 e. The Morgan fingerprint density at radius 3 is 2.45 bits per heavy atom. The normalized spacial score (nSPS) is 26.9. The minimum atomic E-state index is 0.448. The molecule has 3 rings (SSSR count). The molecule has 0 radical (unpaired) electrons. The molecule has 3 unspecified atom stereocenters. The summed E-state index contributed by atoms with van der Waals surface area (Å²) in [5, 5.41) is 0. The van der Waals surface area contributed by atoms with E-state index in [1.165, 1.54) is 6.42 Å². The molecule has 1 aromatic heterocycles. The molecule has 1 fully saturated rings. The van der Waals surface area contributed by atoms with E-state index in [9.17, 15) is 0 Å². The number of benzene rings is 1. The van der Waals surface area contributed by atoms with E-state index in [-0.39, 0.29) is 0 Å². The minimum Gasteiger partial charge on any atom is -0.381 e. The van der Waals surface area contributed by atoms with Crippen LogP contribution in [-0.2, 0) is 0 Å². The number of aromatic nitrogens is 2. The summed E-state index contributed by atoms with van der Waals surface area (Å²) in [4.78, 5) is 11.6. The van der Waals surface area contributed by atoms with Gasteiger partial charge in [0.2, 0.25) is 0 Å². The Hall–Kier alpha value is -1.84. The van der Waals surface area contributed by atoms with Crippen LogP contribution in [0.2, 0.25) is 0 Å². The summed E-state index contributed by atoms with van der Waals surface area (Å²) in [6, 6.07) is 8.34. The molecule has 2 aromatic rings. The molecule has 3 atom stereocenters. The molecule has 106 valence electrons. The lowest BCUT2D eigenvalue weighted by molar-refractivity contribution is 0.296. The Balaban J connectivity index is 2.06. The van der Waals surface area contributed by atoms with E-state index >= 15 is 0 Å². The van der Waals surface area contributed by atoms with E-state index in [1.54, 1.807) is 0 Å². The van der Waals surface area contributed by atoms with Gasteiger partial charge in [-0.05, 0) is 37.3 Å². The molecular weight excluding hydrogens is 248 g/mol. The molecule has 2 N–H and O–H groups in total. The molecule has 1 aliphatic rings. The van der Waals surface area contributed by atoms with Crippen LogP contribution in [0, 0.1) is 11.8 Å². The lowest BCUT2D eigenvalue weighted by Crippen LogP contribution is -2.46. The highest BCUT2D eigenvalue weighted by Gasteiger charge is 2.31. The Morgan fingerprint density at radius 1 is 1.10 bits per heavy atom. The van der Waals surface area contributed by atoms with Gasteiger partial charge in [-0.15, -0.1) is 0 Å². The molecule has 0 aliphatic carbocycles. The van der Waals surface area contributed by atoms with Crippen LogP contribution in [-0.4, -0.2) is 22.6 Å². The van der Waals surface area contributed by atoms with Crippen molar-refractivity contribution >= 4 is 22.7 Å². The molecule has 4 heteroatoms. The fraction of sp³-hybridized carbons (Fsp3) is 0.500. The number of hydrogen-bond donors (Lipinski definition) is 1. The van der Waals surface area contributed by atoms with Gasteiger partial charge in [0, 0.05) is 12.6 Å². The zero-order valence-electron chi connectivity index (χ0n) is 12.4. The Kier molecular flexibility index (Phi) is 3.24. The zero-order valence-corrected chi connectivity index (χ0v) is 12.4. The van der Waals surface area contributed by atoms with Gasteiger partial charge in [-0.3, -0.25) is 0 Å². The molecule has 0 spiro atoms. The number of hydrogen-bond acceptors (Lipinski definition) is 4. The predicted octanol–water partition coefficient (Wildman–Crippen LogP) is 3.08. The van der Waals surface area contributed by atoms with Crippen molar-refractivity contribution in [2.24, 2.45) is 11.8 Å². The van der Waals surface area contributed by atoms with Crippen LogP contribution in [0.1, 0.15) is 27.2 Å². The van der Waals surface area contributed by atoms with Crippen LogP contribution in [0.3, 0.4) is 0 Å². The highest BCUT2D eigenvalue weighted by atomic mass is 15.2. The summed E-state index contributed by atoms with van der Waals surface area (Å²) in [5.41, 5.74) is 7.93. The van der Waals surface area contributed by atoms with Gasteiger partial charge in [-0.25, -0.2) is 9.97 Å². The van der Waals surface area contributed by atoms with Gasteiger partial charge in [-0.1, -0.05) is 26.0 Å². The SMILES string of the molecule is CC1CC(C)C(C)N(c2nc3ccccc3nc2N)C1. The Bertz CT molecular complexity index is 625. The van der Waals surface area contributed by atoms with Crippen molar-refractivity contribution < 1.29 is 0 Å². The topological polar surface area (TPSA) is 55.0 Å². The molecule has 1 saturated heterocycles. The molecule has 0 saturated carbocycles. The first-order valence-electron chi connectivity index (χ1n) is 7.35. The van der Waals surface area contributed by atoms with Gasteiger partial charge < -0.3 is 10.6 Å². The van der Waals surface area contributed by atoms with Crippen molar-refractivity contribution in [1.29, 1.82) is 0 Å². The van der Waals surface area contributed by atoms with Crippen LogP contribution in [0.4, 0.5) is 11.6 Å². The number of fused-ring (bicyclic) bond motifs is 1. The third-order valence-electron chi connectivity index (χ3n) is 4.45. The van der Waals surface area contributed by atoms with E-state index < -0.39 is 0 Å². The standard InChI is InChI=1S/C16H22N4/c1-10-8-11(2)12(3)20(9-10)16-15(17)18-13-6-4-5-7-14(13)19-16/h4-7,10-12H,8-9H2,1-3H3,(H2,17,18). The van der Waals surface area contributed by atoms with E-state index in [2.05, 4.69) is 30.7 Å². The van der Waals surface area contributed by atoms with Crippen molar-refractivity contribution in [3.8, 4) is 0 Å². The number of nitrogens with zero attached hydrogens (tertiary/aromatic N) is 3. The summed E-state index contributed by atoms with van der Waals surface area (Å²) < 4.78 is 0. The van der Waals surface area contributed by atoms with Crippen LogP contribution >= 0.6 is 0 Å². The van der Waals surface area contributed by atoms with Crippen LogP contribution in [0.25, 0.3) is 11.0 Å². The highest BCUT2D eigenvalue weighted by molar-refractivity contribution is 5.79. The maximum atomic E-state index is 6.16. The van der Waals surface area contributed by atoms with E-state index in [0.29, 0.717) is 23.7 Å². The van der Waals surface area contributed by atoms with E-state index in [4.69, 9.17) is 10.7 Å². The number of nitrogens with two attached hydrogens (primary N) is 1. The van der Waals surface area contributed by atoms with Gasteiger partial charge in [-0.2, -0.15) is 0 Å². The molecule has 0 amide bonds. The molecule has 20 heavy (non-hydrogen) atoms. The van der Waals surface area contributed by atoms with E-state index in [1.807, 2.05) is 24.3 Å². The summed E-state index contributed by atoms with van der Waals surface area (Å²) in [5.74, 6) is 2.69. The second-order valence-electron chi connectivity index (χ2n) is 6.13. The van der Waals surface area contributed by atoms with Crippen molar-refractivity contribution in [2.75, 3.05) is 17.2 Å². The molecule has 1 aromatic carbocycles. The predicted molar refractivity (Wildman–Crippen MR) is 83.7 cm³/mol. The van der Waals surface area contributed by atoms with Gasteiger partial charge in [0.25, 0.3) is 0 Å².